The van der Waals surface area contributed by atoms with Crippen LogP contribution in [0.15, 0.2) is 47.4 Å². The average Bonchev–Trinajstić information content (AvgIpc) is 2.37. The van der Waals surface area contributed by atoms with E-state index in [-0.39, 0.29) is 16.2 Å². The standard InChI is InChI=1S/C14H11F3O3S/c1-21(19,20)11-5-2-9(3-6-11)12-8-10(14(15,16)17)4-7-13(12)18/h2-8,18H,1H3. The smallest absolute Gasteiger partial charge is 0.416 e. The van der Waals surface area contributed by atoms with E-state index in [1.54, 1.807) is 0 Å². The molecule has 0 radical (unpaired) electrons. The summed E-state index contributed by atoms with van der Waals surface area (Å²) in [5.74, 6) is -0.310. The summed E-state index contributed by atoms with van der Waals surface area (Å²) in [6.45, 7) is 0. The van der Waals surface area contributed by atoms with Crippen LogP contribution in [0.3, 0.4) is 0 Å². The molecule has 0 aliphatic heterocycles. The number of sulfone groups is 1. The molecular formula is C14H11F3O3S. The van der Waals surface area contributed by atoms with E-state index in [1.165, 1.54) is 24.3 Å². The first-order chi connectivity index (χ1) is 9.59. The van der Waals surface area contributed by atoms with Gasteiger partial charge in [-0.15, -0.1) is 0 Å². The van der Waals surface area contributed by atoms with Crippen LogP contribution in [0.5, 0.6) is 5.75 Å². The van der Waals surface area contributed by atoms with Gasteiger partial charge in [0.05, 0.1) is 10.5 Å². The van der Waals surface area contributed by atoms with Gasteiger partial charge in [0.2, 0.25) is 0 Å². The Hall–Kier alpha value is -2.02. The molecule has 0 aliphatic carbocycles. The van der Waals surface area contributed by atoms with Gasteiger partial charge in [0.15, 0.2) is 9.84 Å². The number of rotatable bonds is 2. The highest BCUT2D eigenvalue weighted by molar-refractivity contribution is 7.90. The van der Waals surface area contributed by atoms with Gasteiger partial charge in [-0.1, -0.05) is 12.1 Å². The lowest BCUT2D eigenvalue weighted by molar-refractivity contribution is -0.137. The minimum absolute atomic E-state index is 0.00937. The van der Waals surface area contributed by atoms with Crippen LogP contribution < -0.4 is 0 Å². The van der Waals surface area contributed by atoms with E-state index in [0.717, 1.165) is 24.5 Å². The summed E-state index contributed by atoms with van der Waals surface area (Å²) in [6, 6.07) is 7.84. The summed E-state index contributed by atoms with van der Waals surface area (Å²) in [6.07, 6.45) is -3.49. The molecule has 112 valence electrons. The molecule has 0 saturated carbocycles. The van der Waals surface area contributed by atoms with Gasteiger partial charge >= 0.3 is 6.18 Å². The van der Waals surface area contributed by atoms with Crippen molar-refractivity contribution in [1.82, 2.24) is 0 Å². The molecule has 0 unspecified atom stereocenters. The highest BCUT2D eigenvalue weighted by Crippen LogP contribution is 2.36. The van der Waals surface area contributed by atoms with E-state index in [9.17, 15) is 26.7 Å². The second kappa shape index (κ2) is 5.07. The minimum Gasteiger partial charge on any atom is -0.507 e. The average molecular weight is 316 g/mol. The first kappa shape index (κ1) is 15.4. The fraction of sp³-hybridized carbons (Fsp3) is 0.143. The largest absolute Gasteiger partial charge is 0.507 e. The Kier molecular flexibility index (Phi) is 3.71. The van der Waals surface area contributed by atoms with Gasteiger partial charge in [0.1, 0.15) is 5.75 Å². The summed E-state index contributed by atoms with van der Waals surface area (Å²) in [5.41, 5.74) is -0.599. The van der Waals surface area contributed by atoms with Crippen LogP contribution in [0.2, 0.25) is 0 Å². The molecule has 2 aromatic carbocycles. The van der Waals surface area contributed by atoms with Crippen molar-refractivity contribution in [2.75, 3.05) is 6.26 Å². The van der Waals surface area contributed by atoms with Crippen LogP contribution in [-0.2, 0) is 16.0 Å². The topological polar surface area (TPSA) is 54.4 Å². The van der Waals surface area contributed by atoms with Crippen LogP contribution in [0.1, 0.15) is 5.56 Å². The molecule has 0 aliphatic rings. The van der Waals surface area contributed by atoms with Crippen LogP contribution >= 0.6 is 0 Å². The van der Waals surface area contributed by atoms with E-state index in [0.29, 0.717) is 5.56 Å². The molecule has 1 N–H and O–H groups in total. The number of benzene rings is 2. The van der Waals surface area contributed by atoms with E-state index >= 15 is 0 Å². The minimum atomic E-state index is -4.52. The van der Waals surface area contributed by atoms with Crippen molar-refractivity contribution in [2.45, 2.75) is 11.1 Å². The maximum atomic E-state index is 12.7. The highest BCUT2D eigenvalue weighted by Gasteiger charge is 2.31. The molecule has 0 fully saturated rings. The third kappa shape index (κ3) is 3.36. The molecule has 0 spiro atoms. The second-order valence-electron chi connectivity index (χ2n) is 4.53. The van der Waals surface area contributed by atoms with Gasteiger partial charge in [-0.3, -0.25) is 0 Å². The van der Waals surface area contributed by atoms with Crippen molar-refractivity contribution in [3.8, 4) is 16.9 Å². The molecule has 21 heavy (non-hydrogen) atoms. The third-order valence-corrected chi connectivity index (χ3v) is 4.05. The number of phenols is 1. The molecular weight excluding hydrogens is 305 g/mol. The van der Waals surface area contributed by atoms with Gasteiger partial charge in [-0.2, -0.15) is 13.2 Å². The van der Waals surface area contributed by atoms with Gasteiger partial charge in [0.25, 0.3) is 0 Å². The Morgan fingerprint density at radius 3 is 2.05 bits per heavy atom. The first-order valence-corrected chi connectivity index (χ1v) is 7.69. The molecule has 0 amide bonds. The van der Waals surface area contributed by atoms with Crippen molar-refractivity contribution in [3.63, 3.8) is 0 Å². The summed E-state index contributed by atoms with van der Waals surface area (Å²) >= 11 is 0. The summed E-state index contributed by atoms with van der Waals surface area (Å²) in [5, 5.41) is 9.70. The van der Waals surface area contributed by atoms with Gasteiger partial charge in [-0.25, -0.2) is 8.42 Å². The lowest BCUT2D eigenvalue weighted by atomic mass is 10.0. The summed E-state index contributed by atoms with van der Waals surface area (Å²) < 4.78 is 60.7. The molecule has 0 aromatic heterocycles. The third-order valence-electron chi connectivity index (χ3n) is 2.92. The van der Waals surface area contributed by atoms with Crippen LogP contribution in [0, 0.1) is 0 Å². The van der Waals surface area contributed by atoms with E-state index < -0.39 is 21.6 Å². The van der Waals surface area contributed by atoms with Gasteiger partial charge < -0.3 is 5.11 Å². The zero-order valence-electron chi connectivity index (χ0n) is 10.8. The monoisotopic (exact) mass is 316 g/mol. The molecule has 0 heterocycles. The van der Waals surface area contributed by atoms with Crippen LogP contribution in [0.25, 0.3) is 11.1 Å². The lowest BCUT2D eigenvalue weighted by Crippen LogP contribution is -2.04. The predicted octanol–water partition coefficient (Wildman–Crippen LogP) is 3.48. The number of halogens is 3. The number of alkyl halides is 3. The Bertz CT molecular complexity index is 763. The van der Waals surface area contributed by atoms with Crippen LogP contribution in [0.4, 0.5) is 13.2 Å². The molecule has 0 saturated heterocycles. The maximum absolute atomic E-state index is 12.7. The zero-order valence-corrected chi connectivity index (χ0v) is 11.7. The van der Waals surface area contributed by atoms with E-state index in [1.807, 2.05) is 0 Å². The number of hydrogen-bond acceptors (Lipinski definition) is 3. The number of phenolic OH excluding ortho intramolecular Hbond substituents is 1. The van der Waals surface area contributed by atoms with Gasteiger partial charge in [-0.05, 0) is 35.9 Å². The second-order valence-corrected chi connectivity index (χ2v) is 6.54. The van der Waals surface area contributed by atoms with Crippen LogP contribution in [-0.4, -0.2) is 19.8 Å². The molecule has 2 rings (SSSR count). The van der Waals surface area contributed by atoms with Crippen molar-refractivity contribution in [2.24, 2.45) is 0 Å². The van der Waals surface area contributed by atoms with Crippen molar-refractivity contribution < 1.29 is 26.7 Å². The highest BCUT2D eigenvalue weighted by atomic mass is 32.2. The lowest BCUT2D eigenvalue weighted by Gasteiger charge is -2.11. The fourth-order valence-corrected chi connectivity index (χ4v) is 2.46. The van der Waals surface area contributed by atoms with Gasteiger partial charge in [0, 0.05) is 11.8 Å². The molecule has 0 atom stereocenters. The maximum Gasteiger partial charge on any atom is 0.416 e. The molecule has 3 nitrogen and oxygen atoms in total. The van der Waals surface area contributed by atoms with Crippen molar-refractivity contribution >= 4 is 9.84 Å². The normalized spacial score (nSPS) is 12.4. The predicted molar refractivity (Wildman–Crippen MR) is 71.7 cm³/mol. The quantitative estimate of drug-likeness (QED) is 0.923. The summed E-state index contributed by atoms with van der Waals surface area (Å²) in [7, 11) is -3.39. The Labute approximate surface area is 119 Å². The number of aromatic hydroxyl groups is 1. The first-order valence-electron chi connectivity index (χ1n) is 5.80. The number of hydrogen-bond donors (Lipinski definition) is 1. The Balaban J connectivity index is 2.52. The zero-order chi connectivity index (χ0) is 15.8. The molecule has 2 aromatic rings. The van der Waals surface area contributed by atoms with E-state index in [2.05, 4.69) is 0 Å². The Morgan fingerprint density at radius 2 is 1.57 bits per heavy atom. The van der Waals surface area contributed by atoms with E-state index in [4.69, 9.17) is 0 Å². The molecule has 0 bridgehead atoms. The fourth-order valence-electron chi connectivity index (χ4n) is 1.83. The van der Waals surface area contributed by atoms with Crippen molar-refractivity contribution in [1.29, 1.82) is 0 Å². The Morgan fingerprint density at radius 1 is 1.00 bits per heavy atom. The summed E-state index contributed by atoms with van der Waals surface area (Å²) in [4.78, 5) is 0.0534. The molecule has 7 heteroatoms. The SMILES string of the molecule is CS(=O)(=O)c1ccc(-c2cc(C(F)(F)F)ccc2O)cc1. The van der Waals surface area contributed by atoms with Crippen molar-refractivity contribution in [3.05, 3.63) is 48.0 Å².